The number of amides is 1. The molecule has 1 unspecified atom stereocenters. The van der Waals surface area contributed by atoms with Gasteiger partial charge in [-0.3, -0.25) is 4.79 Å². The number of hydrogen-bond acceptors (Lipinski definition) is 4. The Labute approximate surface area is 132 Å². The summed E-state index contributed by atoms with van der Waals surface area (Å²) >= 11 is 3.37. The number of anilines is 1. The minimum absolute atomic E-state index is 0. The van der Waals surface area contributed by atoms with Crippen LogP contribution >= 0.6 is 28.3 Å². The molecule has 0 aliphatic carbocycles. The molecule has 1 aromatic rings. The van der Waals surface area contributed by atoms with Gasteiger partial charge in [0.25, 0.3) is 0 Å². The number of methoxy groups -OCH3 is 1. The van der Waals surface area contributed by atoms with Gasteiger partial charge in [-0.05, 0) is 28.1 Å². The third kappa shape index (κ3) is 4.94. The largest absolute Gasteiger partial charge is 0.495 e. The number of rotatable bonds is 4. The zero-order valence-corrected chi connectivity index (χ0v) is 13.6. The highest BCUT2D eigenvalue weighted by atomic mass is 79.9. The monoisotopic (exact) mass is 364 g/mol. The summed E-state index contributed by atoms with van der Waals surface area (Å²) in [5, 5.41) is 6.04. The van der Waals surface area contributed by atoms with Crippen molar-refractivity contribution in [1.82, 2.24) is 5.32 Å². The molecule has 1 fully saturated rings. The molecular formula is C13H18BrClN2O3. The standard InChI is InChI=1S/C13H17BrN2O3.ClH/c1-18-12-6-9(2-3-11(12)14)16-13(17)7-10-8-15-4-5-19-10;/h2-3,6,10,15H,4-5,7-8H2,1H3,(H,16,17);1H. The summed E-state index contributed by atoms with van der Waals surface area (Å²) in [4.78, 5) is 11.9. The highest BCUT2D eigenvalue weighted by molar-refractivity contribution is 9.10. The second-order valence-electron chi connectivity index (χ2n) is 4.30. The number of halogens is 2. The van der Waals surface area contributed by atoms with Gasteiger partial charge in [0.05, 0.1) is 30.7 Å². The summed E-state index contributed by atoms with van der Waals surface area (Å²) in [7, 11) is 1.59. The second kappa shape index (κ2) is 8.46. The van der Waals surface area contributed by atoms with E-state index in [0.29, 0.717) is 24.5 Å². The van der Waals surface area contributed by atoms with Crippen LogP contribution in [0.5, 0.6) is 5.75 Å². The van der Waals surface area contributed by atoms with Crippen molar-refractivity contribution >= 4 is 39.9 Å². The van der Waals surface area contributed by atoms with E-state index in [1.54, 1.807) is 13.2 Å². The Balaban J connectivity index is 0.00000200. The van der Waals surface area contributed by atoms with Crippen molar-refractivity contribution in [2.75, 3.05) is 32.1 Å². The fourth-order valence-electron chi connectivity index (χ4n) is 1.91. The Hall–Kier alpha value is -0.820. The van der Waals surface area contributed by atoms with Crippen LogP contribution in [0.15, 0.2) is 22.7 Å². The molecular weight excluding hydrogens is 348 g/mol. The lowest BCUT2D eigenvalue weighted by Crippen LogP contribution is -2.40. The fourth-order valence-corrected chi connectivity index (χ4v) is 2.32. The molecule has 20 heavy (non-hydrogen) atoms. The Morgan fingerprint density at radius 1 is 1.60 bits per heavy atom. The van der Waals surface area contributed by atoms with E-state index in [-0.39, 0.29) is 24.4 Å². The van der Waals surface area contributed by atoms with E-state index >= 15 is 0 Å². The van der Waals surface area contributed by atoms with Gasteiger partial charge < -0.3 is 20.1 Å². The van der Waals surface area contributed by atoms with E-state index in [4.69, 9.17) is 9.47 Å². The van der Waals surface area contributed by atoms with Crippen LogP contribution in [-0.4, -0.2) is 38.8 Å². The van der Waals surface area contributed by atoms with Gasteiger partial charge in [0.15, 0.2) is 0 Å². The number of hydrogen-bond donors (Lipinski definition) is 2. The Bertz CT molecular complexity index is 453. The van der Waals surface area contributed by atoms with Crippen molar-refractivity contribution in [3.63, 3.8) is 0 Å². The van der Waals surface area contributed by atoms with Gasteiger partial charge in [-0.15, -0.1) is 12.4 Å². The maximum atomic E-state index is 11.9. The van der Waals surface area contributed by atoms with Crippen molar-refractivity contribution in [2.45, 2.75) is 12.5 Å². The molecule has 5 nitrogen and oxygen atoms in total. The van der Waals surface area contributed by atoms with Crippen LogP contribution in [0.25, 0.3) is 0 Å². The minimum Gasteiger partial charge on any atom is -0.495 e. The van der Waals surface area contributed by atoms with E-state index < -0.39 is 0 Å². The lowest BCUT2D eigenvalue weighted by Gasteiger charge is -2.23. The molecule has 1 aromatic carbocycles. The van der Waals surface area contributed by atoms with E-state index in [2.05, 4.69) is 26.6 Å². The average Bonchev–Trinajstić information content (AvgIpc) is 2.42. The van der Waals surface area contributed by atoms with Crippen LogP contribution in [0, 0.1) is 0 Å². The normalized spacial score (nSPS) is 18.0. The van der Waals surface area contributed by atoms with Crippen LogP contribution < -0.4 is 15.4 Å². The maximum absolute atomic E-state index is 11.9. The van der Waals surface area contributed by atoms with Gasteiger partial charge in [-0.25, -0.2) is 0 Å². The SMILES string of the molecule is COc1cc(NC(=O)CC2CNCCO2)ccc1Br.Cl. The predicted octanol–water partition coefficient (Wildman–Crippen LogP) is 2.20. The number of nitrogens with one attached hydrogen (secondary N) is 2. The lowest BCUT2D eigenvalue weighted by atomic mass is 10.2. The Morgan fingerprint density at radius 2 is 2.40 bits per heavy atom. The van der Waals surface area contributed by atoms with Crippen LogP contribution in [0.2, 0.25) is 0 Å². The topological polar surface area (TPSA) is 59.6 Å². The Morgan fingerprint density at radius 3 is 3.05 bits per heavy atom. The van der Waals surface area contributed by atoms with Gasteiger partial charge in [0, 0.05) is 24.8 Å². The van der Waals surface area contributed by atoms with Gasteiger partial charge in [-0.2, -0.15) is 0 Å². The number of benzene rings is 1. The minimum atomic E-state index is -0.0573. The van der Waals surface area contributed by atoms with Gasteiger partial charge in [0.1, 0.15) is 5.75 Å². The highest BCUT2D eigenvalue weighted by Crippen LogP contribution is 2.27. The molecule has 1 amide bonds. The van der Waals surface area contributed by atoms with Crippen molar-refractivity contribution in [3.8, 4) is 5.75 Å². The zero-order chi connectivity index (χ0) is 13.7. The average molecular weight is 366 g/mol. The van der Waals surface area contributed by atoms with Crippen LogP contribution in [0.3, 0.4) is 0 Å². The smallest absolute Gasteiger partial charge is 0.227 e. The number of carbonyl (C=O) groups excluding carboxylic acids is 1. The van der Waals surface area contributed by atoms with Crippen molar-refractivity contribution in [3.05, 3.63) is 22.7 Å². The molecule has 1 heterocycles. The maximum Gasteiger partial charge on any atom is 0.227 e. The summed E-state index contributed by atoms with van der Waals surface area (Å²) in [5.74, 6) is 0.631. The Kier molecular flexibility index (Phi) is 7.29. The quantitative estimate of drug-likeness (QED) is 0.859. The number of carbonyl (C=O) groups is 1. The number of ether oxygens (including phenoxy) is 2. The van der Waals surface area contributed by atoms with Crippen LogP contribution in [0.1, 0.15) is 6.42 Å². The molecule has 0 saturated carbocycles. The first kappa shape index (κ1) is 17.2. The van der Waals surface area contributed by atoms with Crippen molar-refractivity contribution < 1.29 is 14.3 Å². The summed E-state index contributed by atoms with van der Waals surface area (Å²) in [6, 6.07) is 5.44. The van der Waals surface area contributed by atoms with Crippen molar-refractivity contribution in [2.24, 2.45) is 0 Å². The summed E-state index contributed by atoms with van der Waals surface area (Å²) in [5.41, 5.74) is 0.716. The van der Waals surface area contributed by atoms with E-state index in [0.717, 1.165) is 17.6 Å². The van der Waals surface area contributed by atoms with Crippen LogP contribution in [-0.2, 0) is 9.53 Å². The summed E-state index contributed by atoms with van der Waals surface area (Å²) in [6.45, 7) is 2.23. The fraction of sp³-hybridized carbons (Fsp3) is 0.462. The molecule has 0 spiro atoms. The molecule has 0 bridgehead atoms. The van der Waals surface area contributed by atoms with Crippen molar-refractivity contribution in [1.29, 1.82) is 0 Å². The molecule has 1 aliphatic rings. The molecule has 2 rings (SSSR count). The van der Waals surface area contributed by atoms with Gasteiger partial charge in [0.2, 0.25) is 5.91 Å². The first-order chi connectivity index (χ1) is 9.19. The molecule has 7 heteroatoms. The summed E-state index contributed by atoms with van der Waals surface area (Å²) in [6.07, 6.45) is 0.303. The van der Waals surface area contributed by atoms with E-state index in [9.17, 15) is 4.79 Å². The second-order valence-corrected chi connectivity index (χ2v) is 5.15. The third-order valence-electron chi connectivity index (χ3n) is 2.85. The molecule has 112 valence electrons. The lowest BCUT2D eigenvalue weighted by molar-refractivity contribution is -0.119. The molecule has 1 atom stereocenters. The zero-order valence-electron chi connectivity index (χ0n) is 11.1. The predicted molar refractivity (Wildman–Crippen MR) is 83.8 cm³/mol. The van der Waals surface area contributed by atoms with E-state index in [1.165, 1.54) is 0 Å². The molecule has 1 saturated heterocycles. The van der Waals surface area contributed by atoms with E-state index in [1.807, 2.05) is 12.1 Å². The number of morpholine rings is 1. The first-order valence-corrected chi connectivity index (χ1v) is 6.94. The van der Waals surface area contributed by atoms with Gasteiger partial charge >= 0.3 is 0 Å². The summed E-state index contributed by atoms with van der Waals surface area (Å²) < 4.78 is 11.5. The molecule has 2 N–H and O–H groups in total. The molecule has 1 aliphatic heterocycles. The molecule has 0 aromatic heterocycles. The van der Waals surface area contributed by atoms with Crippen LogP contribution in [0.4, 0.5) is 5.69 Å². The first-order valence-electron chi connectivity index (χ1n) is 6.15. The molecule has 0 radical (unpaired) electrons. The third-order valence-corrected chi connectivity index (χ3v) is 3.51. The highest BCUT2D eigenvalue weighted by Gasteiger charge is 2.17. The van der Waals surface area contributed by atoms with Gasteiger partial charge in [-0.1, -0.05) is 0 Å².